The molecule has 340 valence electrons. The summed E-state index contributed by atoms with van der Waals surface area (Å²) in [7, 11) is -15.9. The van der Waals surface area contributed by atoms with Crippen molar-refractivity contribution in [3.8, 4) is 0 Å². The molecule has 0 spiro atoms. The minimum atomic E-state index is -4.51. The van der Waals surface area contributed by atoms with Crippen LogP contribution in [0.1, 0.15) is 77.3 Å². The number of thioether (sulfide) groups is 1. The highest BCUT2D eigenvalue weighted by Gasteiger charge is 2.45. The van der Waals surface area contributed by atoms with Gasteiger partial charge in [0.25, 0.3) is 20.2 Å². The van der Waals surface area contributed by atoms with Crippen LogP contribution in [-0.4, -0.2) is 117 Å². The van der Waals surface area contributed by atoms with Gasteiger partial charge in [-0.1, -0.05) is 26.0 Å². The van der Waals surface area contributed by atoms with Gasteiger partial charge in [-0.25, -0.2) is 21.1 Å². The molecule has 0 bridgehead atoms. The average Bonchev–Trinajstić information content (AvgIpc) is 3.72. The van der Waals surface area contributed by atoms with Gasteiger partial charge in [0.05, 0.1) is 31.1 Å². The lowest BCUT2D eigenvalue weighted by Crippen LogP contribution is -2.30. The number of carbonyl (C=O) groups is 1. The van der Waals surface area contributed by atoms with Crippen molar-refractivity contribution in [2.24, 2.45) is 0 Å². The maximum absolute atomic E-state index is 13.6. The summed E-state index contributed by atoms with van der Waals surface area (Å²) in [6, 6.07) is 8.98. The number of sulfonamides is 1. The molecule has 0 unspecified atom stereocenters. The molecule has 0 saturated heterocycles. The van der Waals surface area contributed by atoms with E-state index in [0.717, 1.165) is 31.8 Å². The van der Waals surface area contributed by atoms with E-state index in [1.165, 1.54) is 25.2 Å². The number of hydrogen-bond acceptors (Lipinski definition) is 12. The summed E-state index contributed by atoms with van der Waals surface area (Å²) in [5, 5.41) is 9.03. The van der Waals surface area contributed by atoms with Crippen LogP contribution in [0.2, 0.25) is 0 Å². The predicted octanol–water partition coefficient (Wildman–Crippen LogP) is 5.58. The van der Waals surface area contributed by atoms with Crippen molar-refractivity contribution in [3.63, 3.8) is 0 Å². The van der Waals surface area contributed by atoms with Crippen molar-refractivity contribution in [1.29, 1.82) is 0 Å². The molecule has 2 aromatic carbocycles. The number of allylic oxidation sites excluding steroid dienone is 7. The second-order valence-corrected chi connectivity index (χ2v) is 23.9. The molecule has 5 rings (SSSR count). The Balaban J connectivity index is 1.52. The van der Waals surface area contributed by atoms with Crippen LogP contribution in [0.15, 0.2) is 92.2 Å². The molecule has 3 aliphatic rings. The standard InChI is InChI=1S/C41H53N3O13S5/c1-40(2)32-26-30(61(53,54)42(5)21-7-10-38(45)46)15-17-34(32)43(22-8-24-59(47,48)49)36(40)19-13-28-11-12-29(39(28)58-6)14-20-37-41(3,4)33-27-31(62(55,56)57)16-18-35(33)44(37)23-9-25-60(50,51)52/h13-20,26-27H,7-12,21-25H2,1-6H3,(H3-,45,46,47,48,49,50,51,52,55,56,57). The first-order chi connectivity index (χ1) is 28.6. The van der Waals surface area contributed by atoms with E-state index in [1.807, 2.05) is 67.7 Å². The first-order valence-electron chi connectivity index (χ1n) is 19.7. The van der Waals surface area contributed by atoms with E-state index in [4.69, 9.17) is 5.11 Å². The maximum Gasteiger partial charge on any atom is 0.303 e. The quantitative estimate of drug-likeness (QED) is 0.115. The smallest absolute Gasteiger partial charge is 0.303 e. The minimum Gasteiger partial charge on any atom is -0.748 e. The van der Waals surface area contributed by atoms with Crippen molar-refractivity contribution in [2.75, 3.05) is 49.3 Å². The molecule has 0 fully saturated rings. The Morgan fingerprint density at radius 3 is 2.15 bits per heavy atom. The number of rotatable bonds is 19. The van der Waals surface area contributed by atoms with Crippen LogP contribution in [0.3, 0.4) is 0 Å². The summed E-state index contributed by atoms with van der Waals surface area (Å²) in [4.78, 5) is 13.7. The van der Waals surface area contributed by atoms with Gasteiger partial charge in [-0.15, -0.1) is 11.8 Å². The topological polar surface area (TPSA) is 247 Å². The molecule has 62 heavy (non-hydrogen) atoms. The Hall–Kier alpha value is -3.67. The van der Waals surface area contributed by atoms with E-state index in [1.54, 1.807) is 30.0 Å². The number of hydrogen-bond donors (Lipinski definition) is 3. The lowest BCUT2D eigenvalue weighted by atomic mass is 9.81. The van der Waals surface area contributed by atoms with Crippen LogP contribution in [0.5, 0.6) is 0 Å². The maximum atomic E-state index is 13.6. The Labute approximate surface area is 369 Å². The lowest BCUT2D eigenvalue weighted by molar-refractivity contribution is -0.437. The number of aliphatic carboxylic acids is 1. The predicted molar refractivity (Wildman–Crippen MR) is 238 cm³/mol. The molecule has 16 nitrogen and oxygen atoms in total. The highest BCUT2D eigenvalue weighted by atomic mass is 32.2. The van der Waals surface area contributed by atoms with E-state index in [2.05, 4.69) is 0 Å². The normalized spacial score (nSPS) is 19.2. The number of anilines is 1. The van der Waals surface area contributed by atoms with Crippen LogP contribution in [-0.2, 0) is 56.0 Å². The Kier molecular flexibility index (Phi) is 14.7. The zero-order chi connectivity index (χ0) is 46.2. The number of carboxylic acid groups (broad SMARTS) is 1. The van der Waals surface area contributed by atoms with Crippen LogP contribution in [0.25, 0.3) is 0 Å². The second-order valence-electron chi connectivity index (χ2n) is 16.5. The Morgan fingerprint density at radius 2 is 1.53 bits per heavy atom. The third-order valence-corrected chi connectivity index (χ3v) is 16.7. The van der Waals surface area contributed by atoms with E-state index < -0.39 is 68.7 Å². The third kappa shape index (κ3) is 11.0. The molecular weight excluding hydrogens is 903 g/mol. The fourth-order valence-electron chi connectivity index (χ4n) is 8.31. The molecule has 2 heterocycles. The SMILES string of the molecule is CSC1=C(/C=C/C2=[N+](CCCS(=O)(=O)[O-])c3ccc(S(=O)(=O)N(C)CCCC(=O)O)cc3C2(C)C)CC/C1=C\C=C1\N(CCCS(=O)(=O)O)c2ccc(S(=O)(=O)O)cc2C1(C)C. The molecule has 0 aromatic heterocycles. The van der Waals surface area contributed by atoms with Gasteiger partial charge in [0.1, 0.15) is 6.54 Å². The van der Waals surface area contributed by atoms with Gasteiger partial charge in [-0.3, -0.25) is 13.9 Å². The highest BCUT2D eigenvalue weighted by Crippen LogP contribution is 2.49. The molecule has 3 N–H and O–H groups in total. The number of fused-ring (bicyclic) bond motifs is 2. The van der Waals surface area contributed by atoms with Gasteiger partial charge < -0.3 is 14.6 Å². The van der Waals surface area contributed by atoms with E-state index in [9.17, 15) is 52.1 Å². The summed E-state index contributed by atoms with van der Waals surface area (Å²) < 4.78 is 132. The Bertz CT molecular complexity index is 2750. The third-order valence-electron chi connectivity index (χ3n) is 11.5. The molecule has 1 aliphatic carbocycles. The van der Waals surface area contributed by atoms with Crippen molar-refractivity contribution in [2.45, 2.75) is 86.8 Å². The number of benzene rings is 2. The molecule has 0 radical (unpaired) electrons. The summed E-state index contributed by atoms with van der Waals surface area (Å²) in [5.74, 6) is -2.09. The highest BCUT2D eigenvalue weighted by molar-refractivity contribution is 8.02. The molecule has 0 atom stereocenters. The summed E-state index contributed by atoms with van der Waals surface area (Å²) in [6.07, 6.45) is 11.1. The van der Waals surface area contributed by atoms with E-state index in [0.29, 0.717) is 35.3 Å². The van der Waals surface area contributed by atoms with Gasteiger partial charge in [0, 0.05) is 78.1 Å². The Morgan fingerprint density at radius 1 is 0.871 bits per heavy atom. The van der Waals surface area contributed by atoms with E-state index in [-0.39, 0.29) is 55.1 Å². The minimum absolute atomic E-state index is 0.00402. The monoisotopic (exact) mass is 955 g/mol. The van der Waals surface area contributed by atoms with Gasteiger partial charge in [0.2, 0.25) is 15.7 Å². The fourth-order valence-corrected chi connectivity index (χ4v) is 11.9. The van der Waals surface area contributed by atoms with Crippen molar-refractivity contribution in [1.82, 2.24) is 4.31 Å². The van der Waals surface area contributed by atoms with Crippen molar-refractivity contribution >= 4 is 75.2 Å². The average molecular weight is 956 g/mol. The van der Waals surface area contributed by atoms with Gasteiger partial charge in [0.15, 0.2) is 5.71 Å². The van der Waals surface area contributed by atoms with Gasteiger partial charge >= 0.3 is 5.97 Å². The molecule has 0 amide bonds. The molecule has 2 aliphatic heterocycles. The lowest BCUT2D eigenvalue weighted by Gasteiger charge is -2.27. The molecule has 2 aromatic rings. The van der Waals surface area contributed by atoms with Gasteiger partial charge in [-0.2, -0.15) is 21.4 Å². The van der Waals surface area contributed by atoms with Crippen molar-refractivity contribution < 1.29 is 61.8 Å². The zero-order valence-electron chi connectivity index (χ0n) is 35.4. The van der Waals surface area contributed by atoms with Crippen LogP contribution < -0.4 is 4.90 Å². The molecular formula is C41H53N3O13S5. The number of carboxylic acids is 1. The number of nitrogens with zero attached hydrogens (tertiary/aromatic N) is 3. The van der Waals surface area contributed by atoms with E-state index >= 15 is 0 Å². The first kappa shape index (κ1) is 49.3. The fraction of sp³-hybridized carbons (Fsp3) is 0.463. The summed E-state index contributed by atoms with van der Waals surface area (Å²) in [6.45, 7) is 8.02. The second kappa shape index (κ2) is 18.4. The first-order valence-corrected chi connectivity index (χ1v) is 27.0. The summed E-state index contributed by atoms with van der Waals surface area (Å²) in [5.41, 5.74) is 4.53. The van der Waals surface area contributed by atoms with Crippen LogP contribution in [0.4, 0.5) is 11.4 Å². The van der Waals surface area contributed by atoms with Gasteiger partial charge in [-0.05, 0) is 98.9 Å². The van der Waals surface area contributed by atoms with Crippen LogP contribution in [0, 0.1) is 0 Å². The molecule has 0 saturated carbocycles. The van der Waals surface area contributed by atoms with Crippen molar-refractivity contribution in [3.05, 3.63) is 93.6 Å². The largest absolute Gasteiger partial charge is 0.748 e. The van der Waals surface area contributed by atoms with Crippen LogP contribution >= 0.6 is 11.8 Å². The zero-order valence-corrected chi connectivity index (χ0v) is 39.4. The summed E-state index contributed by atoms with van der Waals surface area (Å²) >= 11 is 1.54. The molecule has 21 heteroatoms.